The highest BCUT2D eigenvalue weighted by Crippen LogP contribution is 2.31. The maximum atomic E-state index is 12.1. The summed E-state index contributed by atoms with van der Waals surface area (Å²) in [6.45, 7) is 0.215. The van der Waals surface area contributed by atoms with Crippen LogP contribution >= 0.6 is 24.8 Å². The van der Waals surface area contributed by atoms with E-state index < -0.39 is 6.04 Å². The second-order valence-electron chi connectivity index (χ2n) is 5.62. The van der Waals surface area contributed by atoms with Gasteiger partial charge in [-0.25, -0.2) is 0 Å². The number of hydrogen-bond acceptors (Lipinski definition) is 4. The van der Waals surface area contributed by atoms with Gasteiger partial charge < -0.3 is 20.7 Å². The minimum absolute atomic E-state index is 0. The molecule has 1 aliphatic carbocycles. The number of ether oxygens (including phenoxy) is 1. The van der Waals surface area contributed by atoms with Crippen LogP contribution in [0.1, 0.15) is 25.7 Å². The Morgan fingerprint density at radius 1 is 1.35 bits per heavy atom. The molecule has 0 saturated heterocycles. The average Bonchev–Trinajstić information content (AvgIpc) is 3.01. The van der Waals surface area contributed by atoms with E-state index in [0.717, 1.165) is 11.4 Å². The second kappa shape index (κ2) is 10.7. The normalized spacial score (nSPS) is 15.3. The molecule has 1 aliphatic rings. The fraction of sp³-hybridized carbons (Fsp3) is 0.562. The maximum absolute atomic E-state index is 12.1. The zero-order valence-electron chi connectivity index (χ0n) is 13.7. The average molecular weight is 364 g/mol. The third-order valence-corrected chi connectivity index (χ3v) is 4.10. The van der Waals surface area contributed by atoms with Crippen molar-refractivity contribution in [3.8, 4) is 0 Å². The van der Waals surface area contributed by atoms with E-state index in [2.05, 4.69) is 17.3 Å². The van der Waals surface area contributed by atoms with Crippen molar-refractivity contribution in [3.63, 3.8) is 0 Å². The summed E-state index contributed by atoms with van der Waals surface area (Å²) in [6.07, 6.45) is 4.98. The van der Waals surface area contributed by atoms with Crippen LogP contribution < -0.4 is 16.0 Å². The molecule has 0 bridgehead atoms. The number of carbonyl (C=O) groups is 1. The van der Waals surface area contributed by atoms with Gasteiger partial charge in [-0.15, -0.1) is 24.8 Å². The fourth-order valence-electron chi connectivity index (χ4n) is 2.86. The lowest BCUT2D eigenvalue weighted by Crippen LogP contribution is -2.39. The molecule has 7 heteroatoms. The first kappa shape index (κ1) is 22.0. The van der Waals surface area contributed by atoms with Crippen molar-refractivity contribution in [3.05, 3.63) is 24.3 Å². The van der Waals surface area contributed by atoms with Gasteiger partial charge in [0.05, 0.1) is 18.0 Å². The molecule has 0 radical (unpaired) electrons. The van der Waals surface area contributed by atoms with E-state index >= 15 is 0 Å². The summed E-state index contributed by atoms with van der Waals surface area (Å²) >= 11 is 0. The van der Waals surface area contributed by atoms with E-state index in [1.807, 2.05) is 24.3 Å². The number of halogens is 2. The number of para-hydroxylation sites is 2. The molecule has 23 heavy (non-hydrogen) atoms. The Morgan fingerprint density at radius 2 is 1.96 bits per heavy atom. The number of methoxy groups -OCH3 is 1. The predicted octanol–water partition coefficient (Wildman–Crippen LogP) is 2.82. The number of rotatable bonds is 6. The lowest BCUT2D eigenvalue weighted by atomic mass is 10.1. The summed E-state index contributed by atoms with van der Waals surface area (Å²) in [6, 6.07) is 7.76. The van der Waals surface area contributed by atoms with Crippen molar-refractivity contribution in [2.24, 2.45) is 5.73 Å². The number of nitrogens with one attached hydrogen (secondary N) is 1. The highest BCUT2D eigenvalue weighted by atomic mass is 35.5. The highest BCUT2D eigenvalue weighted by Gasteiger charge is 2.22. The molecule has 1 unspecified atom stereocenters. The Balaban J connectivity index is 0.00000242. The van der Waals surface area contributed by atoms with Crippen LogP contribution in [0, 0.1) is 0 Å². The summed E-state index contributed by atoms with van der Waals surface area (Å²) < 4.78 is 4.93. The molecule has 5 nitrogen and oxygen atoms in total. The minimum Gasteiger partial charge on any atom is -0.383 e. The first-order chi connectivity index (χ1) is 10.1. The molecule has 3 N–H and O–H groups in total. The van der Waals surface area contributed by atoms with Gasteiger partial charge in [0.1, 0.15) is 6.04 Å². The molecule has 1 aromatic carbocycles. The molecular formula is C16H27Cl2N3O2. The van der Waals surface area contributed by atoms with Gasteiger partial charge in [0, 0.05) is 20.2 Å². The molecule has 1 fully saturated rings. The van der Waals surface area contributed by atoms with Crippen LogP contribution in [0.15, 0.2) is 24.3 Å². The Bertz CT molecular complexity index is 482. The van der Waals surface area contributed by atoms with Gasteiger partial charge in [0.15, 0.2) is 0 Å². The third kappa shape index (κ3) is 5.84. The van der Waals surface area contributed by atoms with Crippen molar-refractivity contribution < 1.29 is 9.53 Å². The number of carbonyl (C=O) groups excluding carboxylic acids is 1. The first-order valence-corrected chi connectivity index (χ1v) is 7.50. The van der Waals surface area contributed by atoms with Crippen LogP contribution in [-0.4, -0.2) is 38.8 Å². The summed E-state index contributed by atoms with van der Waals surface area (Å²) in [7, 11) is 3.63. The van der Waals surface area contributed by atoms with Gasteiger partial charge in [0.25, 0.3) is 0 Å². The molecule has 0 heterocycles. The Hall–Kier alpha value is -1.01. The molecule has 0 spiro atoms. The Kier molecular flexibility index (Phi) is 10.2. The Morgan fingerprint density at radius 3 is 2.57 bits per heavy atom. The molecule has 132 valence electrons. The van der Waals surface area contributed by atoms with E-state index in [1.165, 1.54) is 32.8 Å². The van der Waals surface area contributed by atoms with Crippen molar-refractivity contribution in [1.82, 2.24) is 0 Å². The van der Waals surface area contributed by atoms with E-state index in [1.54, 1.807) is 0 Å². The summed E-state index contributed by atoms with van der Waals surface area (Å²) in [5, 5.41) is 2.91. The highest BCUT2D eigenvalue weighted by molar-refractivity contribution is 5.97. The molecule has 0 aliphatic heterocycles. The van der Waals surface area contributed by atoms with Gasteiger partial charge in [-0.05, 0) is 25.0 Å². The molecular weight excluding hydrogens is 337 g/mol. The van der Waals surface area contributed by atoms with Gasteiger partial charge in [0.2, 0.25) is 5.91 Å². The number of benzene rings is 1. The third-order valence-electron chi connectivity index (χ3n) is 4.10. The fourth-order valence-corrected chi connectivity index (χ4v) is 2.86. The van der Waals surface area contributed by atoms with E-state index in [-0.39, 0.29) is 37.3 Å². The number of nitrogens with two attached hydrogens (primary N) is 1. The van der Waals surface area contributed by atoms with Crippen molar-refractivity contribution in [1.29, 1.82) is 0 Å². The topological polar surface area (TPSA) is 67.6 Å². The maximum Gasteiger partial charge on any atom is 0.243 e. The zero-order valence-corrected chi connectivity index (χ0v) is 15.3. The van der Waals surface area contributed by atoms with Crippen molar-refractivity contribution in [2.75, 3.05) is 31.0 Å². The van der Waals surface area contributed by atoms with Crippen molar-refractivity contribution >= 4 is 42.1 Å². The zero-order chi connectivity index (χ0) is 15.2. The van der Waals surface area contributed by atoms with Gasteiger partial charge in [-0.2, -0.15) is 0 Å². The molecule has 1 aromatic rings. The summed E-state index contributed by atoms with van der Waals surface area (Å²) in [4.78, 5) is 14.3. The molecule has 1 saturated carbocycles. The van der Waals surface area contributed by atoms with E-state index in [4.69, 9.17) is 10.5 Å². The van der Waals surface area contributed by atoms with Crippen LogP contribution in [-0.2, 0) is 9.53 Å². The smallest absolute Gasteiger partial charge is 0.243 e. The van der Waals surface area contributed by atoms with Crippen LogP contribution in [0.5, 0.6) is 0 Å². The predicted molar refractivity (Wildman–Crippen MR) is 100 cm³/mol. The number of anilines is 2. The number of hydrogen-bond donors (Lipinski definition) is 2. The summed E-state index contributed by atoms with van der Waals surface area (Å²) in [5.74, 6) is -0.218. The van der Waals surface area contributed by atoms with E-state index in [0.29, 0.717) is 6.04 Å². The van der Waals surface area contributed by atoms with Gasteiger partial charge in [-0.3, -0.25) is 4.79 Å². The quantitative estimate of drug-likeness (QED) is 0.815. The van der Waals surface area contributed by atoms with Gasteiger partial charge in [-0.1, -0.05) is 25.0 Å². The second-order valence-corrected chi connectivity index (χ2v) is 5.62. The Labute approximate surface area is 150 Å². The van der Waals surface area contributed by atoms with Crippen LogP contribution in [0.3, 0.4) is 0 Å². The SMILES string of the molecule is COCC(N)C(=O)Nc1ccccc1N(C)C1CCCC1.Cl.Cl. The van der Waals surface area contributed by atoms with Crippen molar-refractivity contribution in [2.45, 2.75) is 37.8 Å². The molecule has 1 atom stereocenters. The molecule has 2 rings (SSSR count). The first-order valence-electron chi connectivity index (χ1n) is 7.50. The van der Waals surface area contributed by atoms with E-state index in [9.17, 15) is 4.79 Å². The van der Waals surface area contributed by atoms with Crippen LogP contribution in [0.2, 0.25) is 0 Å². The summed E-state index contributed by atoms with van der Waals surface area (Å²) in [5.41, 5.74) is 7.63. The lowest BCUT2D eigenvalue weighted by molar-refractivity contribution is -0.118. The van der Waals surface area contributed by atoms with Crippen LogP contribution in [0.25, 0.3) is 0 Å². The lowest BCUT2D eigenvalue weighted by Gasteiger charge is -2.29. The van der Waals surface area contributed by atoms with Gasteiger partial charge >= 0.3 is 0 Å². The monoisotopic (exact) mass is 363 g/mol. The standard InChI is InChI=1S/C16H25N3O2.2ClH/c1-19(12-7-3-4-8-12)15-10-6-5-9-14(15)18-16(20)13(17)11-21-2;;/h5-6,9-10,12-13H,3-4,7-8,11,17H2,1-2H3,(H,18,20);2*1H. The minimum atomic E-state index is -0.653. The number of nitrogens with zero attached hydrogens (tertiary/aromatic N) is 1. The largest absolute Gasteiger partial charge is 0.383 e. The number of amides is 1. The molecule has 1 amide bonds. The molecule has 0 aromatic heterocycles. The van der Waals surface area contributed by atoms with Crippen LogP contribution in [0.4, 0.5) is 11.4 Å².